The highest BCUT2D eigenvalue weighted by Gasteiger charge is 2.09. The number of hydrogen-bond donors (Lipinski definition) is 0. The van der Waals surface area contributed by atoms with E-state index in [0.717, 1.165) is 15.6 Å². The standard InChI is InChI=1S/C14H11BrN2O/c1-9-3-4-11(8-16)7-12(9)18-14-13(15)10(2)5-6-17-14/h3-7H,1-2H3. The summed E-state index contributed by atoms with van der Waals surface area (Å²) >= 11 is 3.45. The Kier molecular flexibility index (Phi) is 3.63. The minimum absolute atomic E-state index is 0.508. The van der Waals surface area contributed by atoms with Crippen molar-refractivity contribution in [3.63, 3.8) is 0 Å². The zero-order valence-corrected chi connectivity index (χ0v) is 11.7. The van der Waals surface area contributed by atoms with Crippen molar-refractivity contribution in [2.45, 2.75) is 13.8 Å². The van der Waals surface area contributed by atoms with Crippen LogP contribution in [0.25, 0.3) is 0 Å². The van der Waals surface area contributed by atoms with Gasteiger partial charge >= 0.3 is 0 Å². The topological polar surface area (TPSA) is 45.9 Å². The number of pyridine rings is 1. The lowest BCUT2D eigenvalue weighted by Gasteiger charge is -2.10. The van der Waals surface area contributed by atoms with Crippen LogP contribution in [-0.2, 0) is 0 Å². The number of aromatic nitrogens is 1. The minimum atomic E-state index is 0.508. The van der Waals surface area contributed by atoms with Gasteiger partial charge in [0.25, 0.3) is 0 Å². The van der Waals surface area contributed by atoms with Crippen LogP contribution < -0.4 is 4.74 Å². The molecule has 0 aliphatic rings. The maximum Gasteiger partial charge on any atom is 0.233 e. The molecular weight excluding hydrogens is 292 g/mol. The third-order valence-corrected chi connectivity index (χ3v) is 3.54. The van der Waals surface area contributed by atoms with E-state index in [1.54, 1.807) is 18.3 Å². The van der Waals surface area contributed by atoms with Crippen molar-refractivity contribution in [1.29, 1.82) is 5.26 Å². The van der Waals surface area contributed by atoms with Gasteiger partial charge in [-0.15, -0.1) is 0 Å². The Morgan fingerprint density at radius 3 is 2.72 bits per heavy atom. The molecule has 0 saturated carbocycles. The number of halogens is 1. The van der Waals surface area contributed by atoms with Crippen LogP contribution in [-0.4, -0.2) is 4.98 Å². The van der Waals surface area contributed by atoms with Gasteiger partial charge in [-0.2, -0.15) is 5.26 Å². The van der Waals surface area contributed by atoms with Gasteiger partial charge in [-0.05, 0) is 59.1 Å². The molecule has 0 N–H and O–H groups in total. The molecule has 0 bridgehead atoms. The van der Waals surface area contributed by atoms with Crippen molar-refractivity contribution < 1.29 is 4.74 Å². The molecule has 0 amide bonds. The van der Waals surface area contributed by atoms with Crippen molar-refractivity contribution in [2.75, 3.05) is 0 Å². The lowest BCUT2D eigenvalue weighted by molar-refractivity contribution is 0.455. The van der Waals surface area contributed by atoms with E-state index in [-0.39, 0.29) is 0 Å². The summed E-state index contributed by atoms with van der Waals surface area (Å²) in [6.07, 6.45) is 1.69. The predicted molar refractivity (Wildman–Crippen MR) is 72.6 cm³/mol. The Morgan fingerprint density at radius 1 is 1.22 bits per heavy atom. The monoisotopic (exact) mass is 302 g/mol. The van der Waals surface area contributed by atoms with Gasteiger partial charge in [0.1, 0.15) is 5.75 Å². The molecule has 0 spiro atoms. The third-order valence-electron chi connectivity index (χ3n) is 2.57. The molecule has 1 aromatic carbocycles. The van der Waals surface area contributed by atoms with Crippen LogP contribution in [0.5, 0.6) is 11.6 Å². The Balaban J connectivity index is 2.40. The Bertz CT molecular complexity index is 632. The molecule has 1 heterocycles. The summed E-state index contributed by atoms with van der Waals surface area (Å²) in [6.45, 7) is 3.90. The molecule has 1 aromatic heterocycles. The molecule has 2 aromatic rings. The summed E-state index contributed by atoms with van der Waals surface area (Å²) in [5, 5.41) is 8.89. The van der Waals surface area contributed by atoms with E-state index in [2.05, 4.69) is 27.0 Å². The van der Waals surface area contributed by atoms with Crippen molar-refractivity contribution >= 4 is 15.9 Å². The number of nitrogens with zero attached hydrogens (tertiary/aromatic N) is 2. The second kappa shape index (κ2) is 5.19. The van der Waals surface area contributed by atoms with E-state index < -0.39 is 0 Å². The molecule has 4 heteroatoms. The lowest BCUT2D eigenvalue weighted by Crippen LogP contribution is -1.93. The Hall–Kier alpha value is -1.86. The molecule has 0 aliphatic heterocycles. The van der Waals surface area contributed by atoms with Gasteiger partial charge in [-0.3, -0.25) is 0 Å². The van der Waals surface area contributed by atoms with E-state index in [1.165, 1.54) is 0 Å². The first-order valence-corrected chi connectivity index (χ1v) is 6.21. The van der Waals surface area contributed by atoms with E-state index in [0.29, 0.717) is 17.2 Å². The molecule has 0 saturated heterocycles. The SMILES string of the molecule is Cc1ccc(C#N)cc1Oc1nccc(C)c1Br. The van der Waals surface area contributed by atoms with Crippen molar-refractivity contribution in [1.82, 2.24) is 4.98 Å². The van der Waals surface area contributed by atoms with Crippen molar-refractivity contribution in [2.24, 2.45) is 0 Å². The Labute approximate surface area is 114 Å². The number of benzene rings is 1. The fourth-order valence-corrected chi connectivity index (χ4v) is 1.79. The second-order valence-corrected chi connectivity index (χ2v) is 4.73. The third kappa shape index (κ3) is 2.52. The summed E-state index contributed by atoms with van der Waals surface area (Å²) in [7, 11) is 0. The molecule has 2 rings (SSSR count). The fourth-order valence-electron chi connectivity index (χ4n) is 1.47. The van der Waals surface area contributed by atoms with Gasteiger partial charge in [0, 0.05) is 6.20 Å². The first-order valence-electron chi connectivity index (χ1n) is 5.41. The zero-order chi connectivity index (χ0) is 13.1. The van der Waals surface area contributed by atoms with E-state index in [9.17, 15) is 0 Å². The van der Waals surface area contributed by atoms with Gasteiger partial charge in [-0.1, -0.05) is 6.07 Å². The maximum atomic E-state index is 8.89. The second-order valence-electron chi connectivity index (χ2n) is 3.94. The van der Waals surface area contributed by atoms with Crippen molar-refractivity contribution in [3.05, 3.63) is 51.6 Å². The molecule has 0 atom stereocenters. The summed E-state index contributed by atoms with van der Waals surface area (Å²) in [6, 6.07) is 9.33. The first kappa shape index (κ1) is 12.6. The highest BCUT2D eigenvalue weighted by molar-refractivity contribution is 9.10. The van der Waals surface area contributed by atoms with E-state index in [1.807, 2.05) is 26.0 Å². The van der Waals surface area contributed by atoms with Crippen LogP contribution >= 0.6 is 15.9 Å². The van der Waals surface area contributed by atoms with Gasteiger partial charge in [0.15, 0.2) is 0 Å². The normalized spacial score (nSPS) is 9.89. The molecule has 90 valence electrons. The average Bonchev–Trinajstić information content (AvgIpc) is 2.37. The Morgan fingerprint density at radius 2 is 2.00 bits per heavy atom. The van der Waals surface area contributed by atoms with Crippen LogP contribution in [0.3, 0.4) is 0 Å². The molecular formula is C14H11BrN2O. The lowest BCUT2D eigenvalue weighted by atomic mass is 10.1. The number of hydrogen-bond acceptors (Lipinski definition) is 3. The fraction of sp³-hybridized carbons (Fsp3) is 0.143. The summed E-state index contributed by atoms with van der Waals surface area (Å²) in [5.74, 6) is 1.15. The van der Waals surface area contributed by atoms with Crippen LogP contribution in [0.4, 0.5) is 0 Å². The number of rotatable bonds is 2. The molecule has 18 heavy (non-hydrogen) atoms. The molecule has 0 radical (unpaired) electrons. The largest absolute Gasteiger partial charge is 0.438 e. The van der Waals surface area contributed by atoms with Gasteiger partial charge in [0.2, 0.25) is 5.88 Å². The van der Waals surface area contributed by atoms with E-state index in [4.69, 9.17) is 10.00 Å². The highest BCUT2D eigenvalue weighted by Crippen LogP contribution is 2.31. The maximum absolute atomic E-state index is 8.89. The minimum Gasteiger partial charge on any atom is -0.438 e. The smallest absolute Gasteiger partial charge is 0.233 e. The average molecular weight is 303 g/mol. The van der Waals surface area contributed by atoms with Crippen LogP contribution in [0.1, 0.15) is 16.7 Å². The molecule has 3 nitrogen and oxygen atoms in total. The van der Waals surface area contributed by atoms with E-state index >= 15 is 0 Å². The molecule has 0 unspecified atom stereocenters. The van der Waals surface area contributed by atoms with Crippen LogP contribution in [0.15, 0.2) is 34.9 Å². The zero-order valence-electron chi connectivity index (χ0n) is 10.1. The number of nitriles is 1. The summed E-state index contributed by atoms with van der Waals surface area (Å²) < 4.78 is 6.58. The van der Waals surface area contributed by atoms with Gasteiger partial charge in [0.05, 0.1) is 16.1 Å². The predicted octanol–water partition coefficient (Wildman–Crippen LogP) is 4.12. The number of ether oxygens (including phenoxy) is 1. The van der Waals surface area contributed by atoms with Crippen LogP contribution in [0, 0.1) is 25.2 Å². The number of aryl methyl sites for hydroxylation is 2. The first-order chi connectivity index (χ1) is 8.61. The van der Waals surface area contributed by atoms with Crippen molar-refractivity contribution in [3.8, 4) is 17.7 Å². The summed E-state index contributed by atoms with van der Waals surface area (Å²) in [5.41, 5.74) is 2.58. The highest BCUT2D eigenvalue weighted by atomic mass is 79.9. The quantitative estimate of drug-likeness (QED) is 0.838. The summed E-state index contributed by atoms with van der Waals surface area (Å²) in [4.78, 5) is 4.18. The van der Waals surface area contributed by atoms with Gasteiger partial charge in [-0.25, -0.2) is 4.98 Å². The van der Waals surface area contributed by atoms with Gasteiger partial charge < -0.3 is 4.74 Å². The molecule has 0 fully saturated rings. The van der Waals surface area contributed by atoms with Crippen LogP contribution in [0.2, 0.25) is 0 Å². The molecule has 0 aliphatic carbocycles.